The minimum absolute atomic E-state index is 0.00455. The van der Waals surface area contributed by atoms with Gasteiger partial charge in [0.15, 0.2) is 0 Å². The number of amides is 3. The van der Waals surface area contributed by atoms with Crippen LogP contribution in [-0.4, -0.2) is 76.6 Å². The molecule has 3 amide bonds. The van der Waals surface area contributed by atoms with Crippen LogP contribution in [0, 0.1) is 5.92 Å². The number of benzene rings is 1. The minimum atomic E-state index is -1.24. The van der Waals surface area contributed by atoms with Gasteiger partial charge in [0.1, 0.15) is 23.9 Å². The van der Waals surface area contributed by atoms with Crippen molar-refractivity contribution < 1.29 is 29.4 Å². The van der Waals surface area contributed by atoms with Crippen LogP contribution >= 0.6 is 11.8 Å². The second-order valence-electron chi connectivity index (χ2n) is 9.23. The Hall–Kier alpha value is -2.83. The fourth-order valence-electron chi connectivity index (χ4n) is 3.45. The van der Waals surface area contributed by atoms with Crippen molar-refractivity contribution in [1.82, 2.24) is 16.0 Å². The number of thioether (sulfide) groups is 1. The van der Waals surface area contributed by atoms with Crippen molar-refractivity contribution in [2.45, 2.75) is 70.1 Å². The van der Waals surface area contributed by atoms with Crippen molar-refractivity contribution in [3.63, 3.8) is 0 Å². The molecule has 4 atom stereocenters. The summed E-state index contributed by atoms with van der Waals surface area (Å²) >= 11 is 1.48. The molecule has 0 aliphatic rings. The minimum Gasteiger partial charge on any atom is -0.508 e. The van der Waals surface area contributed by atoms with Crippen molar-refractivity contribution in [1.29, 1.82) is 0 Å². The third-order valence-electron chi connectivity index (χ3n) is 5.84. The van der Waals surface area contributed by atoms with E-state index in [4.69, 9.17) is 11.5 Å². The van der Waals surface area contributed by atoms with Crippen LogP contribution in [0.3, 0.4) is 0 Å². The summed E-state index contributed by atoms with van der Waals surface area (Å²) in [6.45, 7) is 4.03. The van der Waals surface area contributed by atoms with Gasteiger partial charge in [0, 0.05) is 6.42 Å². The van der Waals surface area contributed by atoms with Gasteiger partial charge in [-0.15, -0.1) is 0 Å². The maximum absolute atomic E-state index is 13.2. The molecule has 0 aliphatic carbocycles. The van der Waals surface area contributed by atoms with Crippen LogP contribution in [0.15, 0.2) is 24.3 Å². The van der Waals surface area contributed by atoms with E-state index in [0.717, 1.165) is 0 Å². The smallest absolute Gasteiger partial charge is 0.326 e. The molecular formula is C25H41N5O6S. The van der Waals surface area contributed by atoms with E-state index in [-0.39, 0.29) is 24.5 Å². The van der Waals surface area contributed by atoms with Crippen LogP contribution in [0.1, 0.15) is 45.1 Å². The molecule has 0 aliphatic heterocycles. The summed E-state index contributed by atoms with van der Waals surface area (Å²) in [5.74, 6) is -2.43. The first-order chi connectivity index (χ1) is 17.5. The lowest BCUT2D eigenvalue weighted by molar-refractivity contribution is -0.142. The molecule has 0 saturated heterocycles. The number of carbonyl (C=O) groups is 4. The molecule has 4 unspecified atom stereocenters. The number of phenolic OH excluding ortho intramolecular Hbond substituents is 1. The molecule has 0 bridgehead atoms. The van der Waals surface area contributed by atoms with Crippen molar-refractivity contribution in [2.24, 2.45) is 17.4 Å². The molecule has 1 aromatic carbocycles. The van der Waals surface area contributed by atoms with Gasteiger partial charge in [-0.25, -0.2) is 4.79 Å². The van der Waals surface area contributed by atoms with Crippen LogP contribution in [-0.2, 0) is 25.6 Å². The molecule has 37 heavy (non-hydrogen) atoms. The Labute approximate surface area is 222 Å². The summed E-state index contributed by atoms with van der Waals surface area (Å²) in [4.78, 5) is 50.6. The second-order valence-corrected chi connectivity index (χ2v) is 10.2. The van der Waals surface area contributed by atoms with Crippen molar-refractivity contribution in [2.75, 3.05) is 18.6 Å². The number of hydrogen-bond acceptors (Lipinski definition) is 8. The van der Waals surface area contributed by atoms with Crippen molar-refractivity contribution in [3.8, 4) is 5.75 Å². The Morgan fingerprint density at radius 2 is 1.43 bits per heavy atom. The molecule has 0 spiro atoms. The van der Waals surface area contributed by atoms with Gasteiger partial charge in [-0.3, -0.25) is 14.4 Å². The third kappa shape index (κ3) is 11.8. The average Bonchev–Trinajstić information content (AvgIpc) is 2.85. The first-order valence-electron chi connectivity index (χ1n) is 12.4. The van der Waals surface area contributed by atoms with Crippen LogP contribution in [0.2, 0.25) is 0 Å². The zero-order chi connectivity index (χ0) is 28.0. The lowest BCUT2D eigenvalue weighted by Crippen LogP contribution is -2.57. The lowest BCUT2D eigenvalue weighted by Gasteiger charge is -2.26. The fourth-order valence-corrected chi connectivity index (χ4v) is 3.92. The number of rotatable bonds is 17. The normalized spacial score (nSPS) is 14.3. The highest BCUT2D eigenvalue weighted by molar-refractivity contribution is 7.98. The summed E-state index contributed by atoms with van der Waals surface area (Å²) < 4.78 is 0. The molecule has 0 radical (unpaired) electrons. The van der Waals surface area contributed by atoms with E-state index in [1.165, 1.54) is 23.9 Å². The van der Waals surface area contributed by atoms with E-state index in [0.29, 0.717) is 37.1 Å². The topological polar surface area (TPSA) is 197 Å². The van der Waals surface area contributed by atoms with Gasteiger partial charge in [0.25, 0.3) is 0 Å². The number of phenols is 1. The number of aromatic hydroxyl groups is 1. The third-order valence-corrected chi connectivity index (χ3v) is 6.48. The van der Waals surface area contributed by atoms with E-state index in [2.05, 4.69) is 16.0 Å². The Balaban J connectivity index is 2.99. The highest BCUT2D eigenvalue weighted by Crippen LogP contribution is 2.12. The van der Waals surface area contributed by atoms with Gasteiger partial charge in [-0.2, -0.15) is 11.8 Å². The lowest BCUT2D eigenvalue weighted by atomic mass is 10.0. The zero-order valence-electron chi connectivity index (χ0n) is 21.7. The summed E-state index contributed by atoms with van der Waals surface area (Å²) in [5.41, 5.74) is 12.1. The summed E-state index contributed by atoms with van der Waals surface area (Å²) in [5, 5.41) is 27.0. The molecule has 0 saturated carbocycles. The summed E-state index contributed by atoms with van der Waals surface area (Å²) in [6, 6.07) is 2.05. The molecular weight excluding hydrogens is 498 g/mol. The maximum atomic E-state index is 13.2. The summed E-state index contributed by atoms with van der Waals surface area (Å²) in [6.07, 6.45) is 3.67. The molecule has 0 heterocycles. The average molecular weight is 540 g/mol. The van der Waals surface area contributed by atoms with Crippen LogP contribution in [0.4, 0.5) is 0 Å². The number of nitrogens with one attached hydrogen (secondary N) is 3. The largest absolute Gasteiger partial charge is 0.508 e. The molecule has 0 fully saturated rings. The quantitative estimate of drug-likeness (QED) is 0.136. The van der Waals surface area contributed by atoms with Gasteiger partial charge in [-0.1, -0.05) is 26.0 Å². The Morgan fingerprint density at radius 3 is 1.95 bits per heavy atom. The summed E-state index contributed by atoms with van der Waals surface area (Å²) in [7, 11) is 0. The Morgan fingerprint density at radius 1 is 0.892 bits per heavy atom. The van der Waals surface area contributed by atoms with Crippen molar-refractivity contribution in [3.05, 3.63) is 29.8 Å². The molecule has 1 aromatic rings. The molecule has 208 valence electrons. The van der Waals surface area contributed by atoms with E-state index in [1.807, 2.05) is 6.26 Å². The van der Waals surface area contributed by atoms with Crippen LogP contribution in [0.5, 0.6) is 5.75 Å². The van der Waals surface area contributed by atoms with Gasteiger partial charge in [0.05, 0.1) is 6.04 Å². The zero-order valence-corrected chi connectivity index (χ0v) is 22.6. The molecule has 12 heteroatoms. The number of hydrogen-bond donors (Lipinski definition) is 7. The second kappa shape index (κ2) is 16.8. The van der Waals surface area contributed by atoms with Crippen LogP contribution in [0.25, 0.3) is 0 Å². The Bertz CT molecular complexity index is 883. The number of carboxylic acid groups (broad SMARTS) is 1. The number of carbonyl (C=O) groups excluding carboxylic acids is 3. The maximum Gasteiger partial charge on any atom is 0.326 e. The predicted molar refractivity (Wildman–Crippen MR) is 144 cm³/mol. The fraction of sp³-hybridized carbons (Fsp3) is 0.600. The number of unbranched alkanes of at least 4 members (excludes halogenated alkanes) is 1. The molecule has 0 aromatic heterocycles. The van der Waals surface area contributed by atoms with E-state index in [9.17, 15) is 29.4 Å². The van der Waals surface area contributed by atoms with Gasteiger partial charge in [-0.05, 0) is 67.9 Å². The number of carboxylic acids is 1. The molecule has 11 nitrogen and oxygen atoms in total. The highest BCUT2D eigenvalue weighted by Gasteiger charge is 2.30. The van der Waals surface area contributed by atoms with Gasteiger partial charge < -0.3 is 37.6 Å². The SMILES string of the molecule is CSCCC(NC(=O)C(CCCCN)NC(=O)C(N)C(C)C)C(=O)NC(Cc1ccc(O)cc1)C(=O)O. The highest BCUT2D eigenvalue weighted by atomic mass is 32.2. The first kappa shape index (κ1) is 32.2. The number of nitrogens with two attached hydrogens (primary N) is 2. The standard InChI is InChI=1S/C25H41N5O6S/c1-15(2)21(27)24(34)29-18(6-4-5-12-26)22(32)28-19(11-13-37-3)23(33)30-20(25(35)36)14-16-7-9-17(31)10-8-16/h7-10,15,18-21,31H,4-6,11-14,26-27H2,1-3H3,(H,28,32)(H,29,34)(H,30,33)(H,35,36). The van der Waals surface area contributed by atoms with E-state index in [1.54, 1.807) is 26.0 Å². The Kier molecular flexibility index (Phi) is 14.6. The number of aliphatic carboxylic acids is 1. The predicted octanol–water partition coefficient (Wildman–Crippen LogP) is 0.339. The van der Waals surface area contributed by atoms with E-state index < -0.39 is 47.9 Å². The van der Waals surface area contributed by atoms with E-state index >= 15 is 0 Å². The van der Waals surface area contributed by atoms with Gasteiger partial charge >= 0.3 is 5.97 Å². The van der Waals surface area contributed by atoms with Gasteiger partial charge in [0.2, 0.25) is 17.7 Å². The van der Waals surface area contributed by atoms with Crippen molar-refractivity contribution >= 4 is 35.5 Å². The molecule has 9 N–H and O–H groups in total. The first-order valence-corrected chi connectivity index (χ1v) is 13.8. The van der Waals surface area contributed by atoms with Crippen LogP contribution < -0.4 is 27.4 Å². The molecule has 1 rings (SSSR count). The monoisotopic (exact) mass is 539 g/mol.